The first-order valence-corrected chi connectivity index (χ1v) is 12.0. The third-order valence-corrected chi connectivity index (χ3v) is 6.39. The van der Waals surface area contributed by atoms with Crippen LogP contribution in [0.15, 0.2) is 70.6 Å². The lowest BCUT2D eigenvalue weighted by Crippen LogP contribution is -2.28. The summed E-state index contributed by atoms with van der Waals surface area (Å²) in [5.74, 6) is 0.0747. The topological polar surface area (TPSA) is 81.8 Å². The maximum absolute atomic E-state index is 13.5. The Morgan fingerprint density at radius 2 is 1.70 bits per heavy atom. The molecule has 0 saturated heterocycles. The Morgan fingerprint density at radius 1 is 1.03 bits per heavy atom. The lowest BCUT2D eigenvalue weighted by Gasteiger charge is -2.13. The SMILES string of the molecule is CCn1nc(C)c2nc(SCC(=O)NCc3ccccc3)n(CCc3ccccc3)c(=O)c21. The Morgan fingerprint density at radius 3 is 2.36 bits per heavy atom. The van der Waals surface area contributed by atoms with Crippen LogP contribution in [0.3, 0.4) is 0 Å². The number of carbonyl (C=O) groups is 1. The fourth-order valence-corrected chi connectivity index (χ4v) is 4.54. The molecule has 0 bridgehead atoms. The average Bonchev–Trinajstić information content (AvgIpc) is 3.17. The molecule has 0 aliphatic carbocycles. The molecule has 0 aliphatic heterocycles. The van der Waals surface area contributed by atoms with Gasteiger partial charge in [0.15, 0.2) is 10.7 Å². The molecule has 0 fully saturated rings. The number of nitrogens with zero attached hydrogens (tertiary/aromatic N) is 4. The van der Waals surface area contributed by atoms with Crippen LogP contribution in [0.1, 0.15) is 23.7 Å². The van der Waals surface area contributed by atoms with Crippen molar-refractivity contribution in [3.05, 3.63) is 87.8 Å². The van der Waals surface area contributed by atoms with Crippen molar-refractivity contribution >= 4 is 28.7 Å². The maximum Gasteiger partial charge on any atom is 0.280 e. The lowest BCUT2D eigenvalue weighted by molar-refractivity contribution is -0.118. The second-order valence-corrected chi connectivity index (χ2v) is 8.68. The van der Waals surface area contributed by atoms with Crippen LogP contribution in [0, 0.1) is 6.92 Å². The summed E-state index contributed by atoms with van der Waals surface area (Å²) in [6, 6.07) is 19.8. The van der Waals surface area contributed by atoms with E-state index in [4.69, 9.17) is 4.98 Å². The molecule has 0 unspecified atom stereocenters. The van der Waals surface area contributed by atoms with Gasteiger partial charge in [0.05, 0.1) is 11.4 Å². The number of aromatic nitrogens is 4. The Kier molecular flexibility index (Phi) is 7.24. The van der Waals surface area contributed by atoms with E-state index in [1.165, 1.54) is 11.8 Å². The van der Waals surface area contributed by atoms with Gasteiger partial charge in [0.1, 0.15) is 5.52 Å². The summed E-state index contributed by atoms with van der Waals surface area (Å²) >= 11 is 1.28. The maximum atomic E-state index is 13.5. The molecule has 8 heteroatoms. The van der Waals surface area contributed by atoms with E-state index in [-0.39, 0.29) is 17.2 Å². The molecule has 4 rings (SSSR count). The number of nitrogens with one attached hydrogen (secondary N) is 1. The standard InChI is InChI=1S/C25H27N5O2S/c1-3-30-23-22(18(2)28-30)27-25(29(24(23)32)15-14-19-10-6-4-7-11-19)33-17-21(31)26-16-20-12-8-5-9-13-20/h4-13H,3,14-17H2,1-2H3,(H,26,31). The highest BCUT2D eigenvalue weighted by Crippen LogP contribution is 2.20. The smallest absolute Gasteiger partial charge is 0.280 e. The molecular weight excluding hydrogens is 434 g/mol. The van der Waals surface area contributed by atoms with E-state index in [2.05, 4.69) is 10.4 Å². The van der Waals surface area contributed by atoms with Crippen molar-refractivity contribution in [2.75, 3.05) is 5.75 Å². The van der Waals surface area contributed by atoms with Gasteiger partial charge in [0.2, 0.25) is 5.91 Å². The number of hydrogen-bond acceptors (Lipinski definition) is 5. The predicted octanol–water partition coefficient (Wildman–Crippen LogP) is 3.57. The highest BCUT2D eigenvalue weighted by atomic mass is 32.2. The molecule has 0 saturated carbocycles. The van der Waals surface area contributed by atoms with Crippen LogP contribution in [-0.2, 0) is 30.8 Å². The number of amides is 1. The van der Waals surface area contributed by atoms with Crippen LogP contribution < -0.4 is 10.9 Å². The highest BCUT2D eigenvalue weighted by Gasteiger charge is 2.19. The zero-order valence-electron chi connectivity index (χ0n) is 18.8. The molecule has 1 N–H and O–H groups in total. The number of fused-ring (bicyclic) bond motifs is 1. The van der Waals surface area contributed by atoms with Crippen LogP contribution in [0.25, 0.3) is 11.0 Å². The summed E-state index contributed by atoms with van der Waals surface area (Å²) in [4.78, 5) is 30.7. The largest absolute Gasteiger partial charge is 0.351 e. The van der Waals surface area contributed by atoms with Crippen LogP contribution in [0.4, 0.5) is 0 Å². The molecule has 2 aromatic carbocycles. The van der Waals surface area contributed by atoms with Gasteiger partial charge in [-0.05, 0) is 31.4 Å². The summed E-state index contributed by atoms with van der Waals surface area (Å²) < 4.78 is 3.39. The van der Waals surface area contributed by atoms with Gasteiger partial charge in [0.25, 0.3) is 5.56 Å². The van der Waals surface area contributed by atoms with Crippen LogP contribution in [0.2, 0.25) is 0 Å². The number of rotatable bonds is 9. The molecule has 0 atom stereocenters. The van der Waals surface area contributed by atoms with Gasteiger partial charge in [-0.1, -0.05) is 72.4 Å². The van der Waals surface area contributed by atoms with Gasteiger partial charge >= 0.3 is 0 Å². The number of aryl methyl sites for hydroxylation is 3. The molecule has 4 aromatic rings. The quantitative estimate of drug-likeness (QED) is 0.304. The second kappa shape index (κ2) is 10.5. The number of thioether (sulfide) groups is 1. The number of hydrogen-bond donors (Lipinski definition) is 1. The van der Waals surface area contributed by atoms with Crippen LogP contribution in [-0.4, -0.2) is 31.0 Å². The summed E-state index contributed by atoms with van der Waals surface area (Å²) in [5, 5.41) is 7.95. The Hall–Kier alpha value is -3.39. The summed E-state index contributed by atoms with van der Waals surface area (Å²) in [6.07, 6.45) is 0.695. The summed E-state index contributed by atoms with van der Waals surface area (Å²) in [5.41, 5.74) is 3.89. The van der Waals surface area contributed by atoms with E-state index in [0.29, 0.717) is 42.2 Å². The van der Waals surface area contributed by atoms with Crippen LogP contribution >= 0.6 is 11.8 Å². The van der Waals surface area contributed by atoms with Crippen molar-refractivity contribution in [2.45, 2.75) is 45.1 Å². The van der Waals surface area contributed by atoms with Crippen LogP contribution in [0.5, 0.6) is 0 Å². The molecule has 7 nitrogen and oxygen atoms in total. The Bertz CT molecular complexity index is 1300. The normalized spacial score (nSPS) is 11.1. The second-order valence-electron chi connectivity index (χ2n) is 7.74. The minimum Gasteiger partial charge on any atom is -0.351 e. The molecule has 33 heavy (non-hydrogen) atoms. The van der Waals surface area contributed by atoms with E-state index < -0.39 is 0 Å². The summed E-state index contributed by atoms with van der Waals surface area (Å²) in [7, 11) is 0. The molecule has 170 valence electrons. The van der Waals surface area contributed by atoms with E-state index in [0.717, 1.165) is 16.8 Å². The van der Waals surface area contributed by atoms with Crippen molar-refractivity contribution in [1.29, 1.82) is 0 Å². The summed E-state index contributed by atoms with van der Waals surface area (Å²) in [6.45, 7) is 5.35. The van der Waals surface area contributed by atoms with E-state index in [9.17, 15) is 9.59 Å². The van der Waals surface area contributed by atoms with Gasteiger partial charge in [0, 0.05) is 19.6 Å². The molecule has 1 amide bonds. The Labute approximate surface area is 196 Å². The van der Waals surface area contributed by atoms with Gasteiger partial charge in [-0.15, -0.1) is 0 Å². The van der Waals surface area contributed by atoms with Crippen molar-refractivity contribution in [3.8, 4) is 0 Å². The van der Waals surface area contributed by atoms with Crippen molar-refractivity contribution < 1.29 is 4.79 Å². The molecule has 0 aliphatic rings. The van der Waals surface area contributed by atoms with Gasteiger partial charge < -0.3 is 5.32 Å². The first-order valence-electron chi connectivity index (χ1n) is 11.0. The molecular formula is C25H27N5O2S. The third kappa shape index (κ3) is 5.34. The fraction of sp³-hybridized carbons (Fsp3) is 0.280. The van der Waals surface area contributed by atoms with E-state index in [1.54, 1.807) is 9.25 Å². The fourth-order valence-electron chi connectivity index (χ4n) is 3.69. The molecule has 0 spiro atoms. The average molecular weight is 462 g/mol. The third-order valence-electron chi connectivity index (χ3n) is 5.41. The molecule has 0 radical (unpaired) electrons. The zero-order chi connectivity index (χ0) is 23.2. The van der Waals surface area contributed by atoms with Gasteiger partial charge in [-0.3, -0.25) is 18.8 Å². The number of benzene rings is 2. The number of carbonyl (C=O) groups excluding carboxylic acids is 1. The van der Waals surface area contributed by atoms with E-state index >= 15 is 0 Å². The first-order chi connectivity index (χ1) is 16.1. The van der Waals surface area contributed by atoms with Crippen molar-refractivity contribution in [3.63, 3.8) is 0 Å². The minimum absolute atomic E-state index is 0.103. The monoisotopic (exact) mass is 461 g/mol. The lowest BCUT2D eigenvalue weighted by atomic mass is 10.1. The van der Waals surface area contributed by atoms with Crippen molar-refractivity contribution in [1.82, 2.24) is 24.6 Å². The van der Waals surface area contributed by atoms with Crippen molar-refractivity contribution in [2.24, 2.45) is 0 Å². The highest BCUT2D eigenvalue weighted by molar-refractivity contribution is 7.99. The zero-order valence-corrected chi connectivity index (χ0v) is 19.6. The Balaban J connectivity index is 1.57. The van der Waals surface area contributed by atoms with Gasteiger partial charge in [-0.2, -0.15) is 5.10 Å². The van der Waals surface area contributed by atoms with E-state index in [1.807, 2.05) is 74.5 Å². The molecule has 2 aromatic heterocycles. The molecule has 2 heterocycles. The first kappa shape index (κ1) is 22.8. The predicted molar refractivity (Wildman–Crippen MR) is 131 cm³/mol. The van der Waals surface area contributed by atoms with Gasteiger partial charge in [-0.25, -0.2) is 4.98 Å². The minimum atomic E-state index is -0.120.